The Morgan fingerprint density at radius 1 is 1.00 bits per heavy atom. The van der Waals surface area contributed by atoms with E-state index in [1.165, 1.54) is 18.4 Å². The number of amides is 3. The van der Waals surface area contributed by atoms with Crippen molar-refractivity contribution in [3.8, 4) is 0 Å². The molecule has 0 spiro atoms. The van der Waals surface area contributed by atoms with Crippen LogP contribution >= 0.6 is 0 Å². The molecule has 0 unspecified atom stereocenters. The lowest BCUT2D eigenvalue weighted by Crippen LogP contribution is -2.27. The number of pyridine rings is 1. The van der Waals surface area contributed by atoms with Gasteiger partial charge in [-0.2, -0.15) is 0 Å². The van der Waals surface area contributed by atoms with Gasteiger partial charge in [-0.25, -0.2) is 14.6 Å². The molecule has 0 aliphatic rings. The second-order valence-electron chi connectivity index (χ2n) is 6.47. The topological polar surface area (TPSA) is 123 Å². The first-order valence-corrected chi connectivity index (χ1v) is 9.59. The minimum Gasteiger partial charge on any atom is -0.467 e. The summed E-state index contributed by atoms with van der Waals surface area (Å²) in [6, 6.07) is 12.7. The Bertz CT molecular complexity index is 1060. The number of anilines is 2. The molecule has 0 aliphatic carbocycles. The Kier molecular flexibility index (Phi) is 7.00. The molecule has 3 aromatic rings. The SMILES string of the molecule is CCOC(=O)c1ccc(C(=O)Nc2ccc(NC(=O)NCc3ccco3)cc2)nc1C. The molecule has 3 amide bonds. The van der Waals surface area contributed by atoms with Gasteiger partial charge in [0.25, 0.3) is 5.91 Å². The number of benzene rings is 1. The summed E-state index contributed by atoms with van der Waals surface area (Å²) in [4.78, 5) is 40.4. The third-order valence-corrected chi connectivity index (χ3v) is 4.22. The van der Waals surface area contributed by atoms with Crippen molar-refractivity contribution in [1.82, 2.24) is 10.3 Å². The number of carbonyl (C=O) groups is 3. The maximum absolute atomic E-state index is 12.5. The third kappa shape index (κ3) is 5.92. The largest absolute Gasteiger partial charge is 0.467 e. The fourth-order valence-corrected chi connectivity index (χ4v) is 2.70. The zero-order valence-electron chi connectivity index (χ0n) is 17.1. The Morgan fingerprint density at radius 2 is 1.71 bits per heavy atom. The fourth-order valence-electron chi connectivity index (χ4n) is 2.70. The van der Waals surface area contributed by atoms with Gasteiger partial charge in [-0.1, -0.05) is 0 Å². The van der Waals surface area contributed by atoms with Crippen LogP contribution in [0.2, 0.25) is 0 Å². The van der Waals surface area contributed by atoms with Crippen molar-refractivity contribution in [2.24, 2.45) is 0 Å². The molecule has 2 aromatic heterocycles. The van der Waals surface area contributed by atoms with E-state index in [9.17, 15) is 14.4 Å². The Morgan fingerprint density at radius 3 is 2.32 bits per heavy atom. The molecule has 160 valence electrons. The van der Waals surface area contributed by atoms with E-state index in [1.807, 2.05) is 0 Å². The molecule has 0 saturated heterocycles. The van der Waals surface area contributed by atoms with Gasteiger partial charge >= 0.3 is 12.0 Å². The lowest BCUT2D eigenvalue weighted by Gasteiger charge is -2.10. The molecule has 9 nitrogen and oxygen atoms in total. The van der Waals surface area contributed by atoms with E-state index in [-0.39, 0.29) is 24.9 Å². The van der Waals surface area contributed by atoms with Crippen LogP contribution in [-0.2, 0) is 11.3 Å². The molecular formula is C22H22N4O5. The van der Waals surface area contributed by atoms with Crippen molar-refractivity contribution in [3.05, 3.63) is 77.5 Å². The lowest BCUT2D eigenvalue weighted by molar-refractivity contribution is 0.0524. The number of aryl methyl sites for hydroxylation is 1. The number of nitrogens with one attached hydrogen (secondary N) is 3. The van der Waals surface area contributed by atoms with E-state index in [2.05, 4.69) is 20.9 Å². The summed E-state index contributed by atoms with van der Waals surface area (Å²) in [5.41, 5.74) is 1.98. The number of hydrogen-bond donors (Lipinski definition) is 3. The number of urea groups is 1. The average molecular weight is 422 g/mol. The highest BCUT2D eigenvalue weighted by molar-refractivity contribution is 6.03. The van der Waals surface area contributed by atoms with Crippen LogP contribution in [0.1, 0.15) is 39.2 Å². The highest BCUT2D eigenvalue weighted by Crippen LogP contribution is 2.15. The summed E-state index contributed by atoms with van der Waals surface area (Å²) < 4.78 is 10.1. The number of furan rings is 1. The van der Waals surface area contributed by atoms with Crippen LogP contribution in [0.25, 0.3) is 0 Å². The van der Waals surface area contributed by atoms with E-state index in [0.717, 1.165) is 0 Å². The first kappa shape index (κ1) is 21.6. The van der Waals surface area contributed by atoms with Crippen molar-refractivity contribution >= 4 is 29.3 Å². The molecule has 1 aromatic carbocycles. The summed E-state index contributed by atoms with van der Waals surface area (Å²) in [5.74, 6) is -0.251. The zero-order chi connectivity index (χ0) is 22.2. The Labute approximate surface area is 178 Å². The summed E-state index contributed by atoms with van der Waals surface area (Å²) in [6.45, 7) is 3.89. The van der Waals surface area contributed by atoms with Gasteiger partial charge in [0, 0.05) is 11.4 Å². The maximum Gasteiger partial charge on any atom is 0.339 e. The van der Waals surface area contributed by atoms with Crippen molar-refractivity contribution in [2.45, 2.75) is 20.4 Å². The van der Waals surface area contributed by atoms with Gasteiger partial charge < -0.3 is 25.1 Å². The molecule has 9 heteroatoms. The van der Waals surface area contributed by atoms with Crippen molar-refractivity contribution in [2.75, 3.05) is 17.2 Å². The fraction of sp³-hybridized carbons (Fsp3) is 0.182. The van der Waals surface area contributed by atoms with E-state index in [0.29, 0.717) is 28.4 Å². The van der Waals surface area contributed by atoms with Crippen molar-refractivity contribution in [1.29, 1.82) is 0 Å². The molecule has 0 bridgehead atoms. The summed E-state index contributed by atoms with van der Waals surface area (Å²) >= 11 is 0. The summed E-state index contributed by atoms with van der Waals surface area (Å²) in [7, 11) is 0. The number of nitrogens with zero attached hydrogens (tertiary/aromatic N) is 1. The first-order valence-electron chi connectivity index (χ1n) is 9.59. The summed E-state index contributed by atoms with van der Waals surface area (Å²) in [6.07, 6.45) is 1.54. The van der Waals surface area contributed by atoms with Crippen LogP contribution in [-0.4, -0.2) is 29.5 Å². The predicted molar refractivity (Wildman–Crippen MR) is 114 cm³/mol. The van der Waals surface area contributed by atoms with E-state index in [4.69, 9.17) is 9.15 Å². The van der Waals surface area contributed by atoms with Crippen LogP contribution in [0.3, 0.4) is 0 Å². The smallest absolute Gasteiger partial charge is 0.339 e. The molecule has 2 heterocycles. The maximum atomic E-state index is 12.5. The van der Waals surface area contributed by atoms with Crippen molar-refractivity contribution < 1.29 is 23.5 Å². The number of rotatable bonds is 7. The highest BCUT2D eigenvalue weighted by Gasteiger charge is 2.15. The second-order valence-corrected chi connectivity index (χ2v) is 6.47. The minimum atomic E-state index is -0.476. The average Bonchev–Trinajstić information content (AvgIpc) is 3.27. The molecule has 3 N–H and O–H groups in total. The van der Waals surface area contributed by atoms with Gasteiger partial charge in [0.2, 0.25) is 0 Å². The zero-order valence-corrected chi connectivity index (χ0v) is 17.1. The molecule has 0 saturated carbocycles. The number of aromatic nitrogens is 1. The molecule has 0 aliphatic heterocycles. The third-order valence-electron chi connectivity index (χ3n) is 4.22. The van der Waals surface area contributed by atoms with Crippen LogP contribution in [0, 0.1) is 6.92 Å². The van der Waals surface area contributed by atoms with Crippen LogP contribution in [0.5, 0.6) is 0 Å². The first-order chi connectivity index (χ1) is 15.0. The minimum absolute atomic E-state index is 0.171. The van der Waals surface area contributed by atoms with E-state index in [1.54, 1.807) is 50.2 Å². The lowest BCUT2D eigenvalue weighted by atomic mass is 10.2. The highest BCUT2D eigenvalue weighted by atomic mass is 16.5. The second kappa shape index (κ2) is 10.1. The Hall–Kier alpha value is -4.14. The Balaban J connectivity index is 1.55. The quantitative estimate of drug-likeness (QED) is 0.499. The van der Waals surface area contributed by atoms with Gasteiger partial charge in [0.15, 0.2) is 0 Å². The van der Waals surface area contributed by atoms with Gasteiger partial charge in [-0.3, -0.25) is 4.79 Å². The van der Waals surface area contributed by atoms with Crippen LogP contribution < -0.4 is 16.0 Å². The summed E-state index contributed by atoms with van der Waals surface area (Å²) in [5, 5.41) is 8.09. The molecule has 0 radical (unpaired) electrons. The van der Waals surface area contributed by atoms with Crippen LogP contribution in [0.15, 0.2) is 59.2 Å². The van der Waals surface area contributed by atoms with Gasteiger partial charge in [0.05, 0.1) is 30.7 Å². The molecular weight excluding hydrogens is 400 g/mol. The molecule has 0 atom stereocenters. The molecule has 0 fully saturated rings. The van der Waals surface area contributed by atoms with E-state index >= 15 is 0 Å². The number of ether oxygens (including phenoxy) is 1. The standard InChI is InChI=1S/C22H22N4O5/c1-3-30-21(28)18-10-11-19(24-14(18)2)20(27)25-15-6-8-16(9-7-15)26-22(29)23-13-17-5-4-12-31-17/h4-12H,3,13H2,1-2H3,(H,25,27)(H2,23,26,29). The normalized spacial score (nSPS) is 10.3. The molecule has 3 rings (SSSR count). The number of carbonyl (C=O) groups excluding carboxylic acids is 3. The van der Waals surface area contributed by atoms with Gasteiger partial charge in [-0.15, -0.1) is 0 Å². The monoisotopic (exact) mass is 422 g/mol. The number of hydrogen-bond acceptors (Lipinski definition) is 6. The van der Waals surface area contributed by atoms with E-state index < -0.39 is 11.9 Å². The van der Waals surface area contributed by atoms with Crippen LogP contribution in [0.4, 0.5) is 16.2 Å². The molecule has 31 heavy (non-hydrogen) atoms. The van der Waals surface area contributed by atoms with Gasteiger partial charge in [0.1, 0.15) is 11.5 Å². The predicted octanol–water partition coefficient (Wildman–Crippen LogP) is 3.73. The van der Waals surface area contributed by atoms with Gasteiger partial charge in [-0.05, 0) is 62.4 Å². The van der Waals surface area contributed by atoms with Crippen molar-refractivity contribution in [3.63, 3.8) is 0 Å². The number of esters is 1.